The molecule has 4 nitrogen and oxygen atoms in total. The van der Waals surface area contributed by atoms with E-state index in [-0.39, 0.29) is 6.42 Å². The van der Waals surface area contributed by atoms with Crippen LogP contribution in [0.15, 0.2) is 16.6 Å². The van der Waals surface area contributed by atoms with Gasteiger partial charge in [-0.15, -0.1) is 0 Å². The van der Waals surface area contributed by atoms with Crippen LogP contribution < -0.4 is 4.74 Å². The van der Waals surface area contributed by atoms with Crippen molar-refractivity contribution < 1.29 is 19.4 Å². The molecule has 0 radical (unpaired) electrons. The number of hydrogen-bond donors (Lipinski definition) is 1. The Morgan fingerprint density at radius 2 is 2.00 bits per heavy atom. The van der Waals surface area contributed by atoms with Gasteiger partial charge in [-0.2, -0.15) is 0 Å². The van der Waals surface area contributed by atoms with Crippen molar-refractivity contribution in [3.05, 3.63) is 27.7 Å². The first-order chi connectivity index (χ1) is 8.81. The topological polar surface area (TPSA) is 55.8 Å². The van der Waals surface area contributed by atoms with Crippen LogP contribution in [-0.4, -0.2) is 25.3 Å². The molecule has 19 heavy (non-hydrogen) atoms. The number of aliphatic carboxylic acids is 1. The third kappa shape index (κ3) is 3.94. The predicted octanol–water partition coefficient (Wildman–Crippen LogP) is 3.36. The van der Waals surface area contributed by atoms with E-state index in [0.717, 1.165) is 15.6 Å². The summed E-state index contributed by atoms with van der Waals surface area (Å²) in [6.45, 7) is 4.24. The zero-order valence-electron chi connectivity index (χ0n) is 11.6. The molecule has 0 fully saturated rings. The summed E-state index contributed by atoms with van der Waals surface area (Å²) in [6, 6.07) is 3.79. The normalized spacial score (nSPS) is 11.4. The number of benzene rings is 1. The van der Waals surface area contributed by atoms with Crippen molar-refractivity contribution in [2.24, 2.45) is 0 Å². The van der Waals surface area contributed by atoms with Crippen molar-refractivity contribution in [3.63, 3.8) is 0 Å². The molecule has 1 N–H and O–H groups in total. The van der Waals surface area contributed by atoms with Crippen LogP contribution in [0.2, 0.25) is 0 Å². The first-order valence-electron chi connectivity index (χ1n) is 5.89. The standard InChI is InChI=1S/C14H19BrO4/c1-14(2,7-13(16)17)10-6-11(15)12(19-4)5-9(10)8-18-3/h5-6H,7-8H2,1-4H3,(H,16,17). The Balaban J connectivity index is 3.31. The van der Waals surface area contributed by atoms with Gasteiger partial charge in [0.1, 0.15) is 5.75 Å². The van der Waals surface area contributed by atoms with E-state index < -0.39 is 11.4 Å². The maximum Gasteiger partial charge on any atom is 0.304 e. The van der Waals surface area contributed by atoms with Crippen LogP contribution in [0, 0.1) is 0 Å². The van der Waals surface area contributed by atoms with Crippen molar-refractivity contribution >= 4 is 21.9 Å². The first kappa shape index (κ1) is 16.0. The molecule has 0 aliphatic rings. The van der Waals surface area contributed by atoms with Crippen LogP contribution in [0.25, 0.3) is 0 Å². The lowest BCUT2D eigenvalue weighted by molar-refractivity contribution is -0.138. The molecule has 0 saturated carbocycles. The summed E-state index contributed by atoms with van der Waals surface area (Å²) in [5.74, 6) is -0.109. The first-order valence-corrected chi connectivity index (χ1v) is 6.68. The minimum Gasteiger partial charge on any atom is -0.496 e. The summed E-state index contributed by atoms with van der Waals surface area (Å²) in [4.78, 5) is 11.0. The molecule has 0 aliphatic heterocycles. The highest BCUT2D eigenvalue weighted by molar-refractivity contribution is 9.10. The predicted molar refractivity (Wildman–Crippen MR) is 76.7 cm³/mol. The fourth-order valence-electron chi connectivity index (χ4n) is 2.13. The minimum absolute atomic E-state index is 0.0580. The number of halogens is 1. The van der Waals surface area contributed by atoms with E-state index in [1.54, 1.807) is 14.2 Å². The summed E-state index contributed by atoms with van der Waals surface area (Å²) >= 11 is 3.44. The molecule has 0 amide bonds. The van der Waals surface area contributed by atoms with Gasteiger partial charge < -0.3 is 14.6 Å². The SMILES string of the molecule is COCc1cc(OC)c(Br)cc1C(C)(C)CC(=O)O. The Bertz CT molecular complexity index is 469. The highest BCUT2D eigenvalue weighted by Gasteiger charge is 2.27. The average molecular weight is 331 g/mol. The number of rotatable bonds is 6. The molecular weight excluding hydrogens is 312 g/mol. The van der Waals surface area contributed by atoms with E-state index in [1.165, 1.54) is 0 Å². The van der Waals surface area contributed by atoms with Gasteiger partial charge in [-0.1, -0.05) is 13.8 Å². The van der Waals surface area contributed by atoms with Crippen LogP contribution in [0.4, 0.5) is 0 Å². The lowest BCUT2D eigenvalue weighted by Gasteiger charge is -2.27. The van der Waals surface area contributed by atoms with Crippen molar-refractivity contribution in [1.29, 1.82) is 0 Å². The summed E-state index contributed by atoms with van der Waals surface area (Å²) < 4.78 is 11.3. The van der Waals surface area contributed by atoms with Crippen LogP contribution in [-0.2, 0) is 21.6 Å². The second-order valence-corrected chi connectivity index (χ2v) is 5.89. The summed E-state index contributed by atoms with van der Waals surface area (Å²) in [6.07, 6.45) is 0.0580. The third-order valence-corrected chi connectivity index (χ3v) is 3.62. The second-order valence-electron chi connectivity index (χ2n) is 5.03. The summed E-state index contributed by atoms with van der Waals surface area (Å²) in [5, 5.41) is 9.03. The zero-order valence-corrected chi connectivity index (χ0v) is 13.2. The van der Waals surface area contributed by atoms with Gasteiger partial charge in [0, 0.05) is 12.5 Å². The average Bonchev–Trinajstić information content (AvgIpc) is 2.29. The van der Waals surface area contributed by atoms with Crippen molar-refractivity contribution in [2.75, 3.05) is 14.2 Å². The van der Waals surface area contributed by atoms with Gasteiger partial charge in [0.25, 0.3) is 0 Å². The van der Waals surface area contributed by atoms with E-state index in [0.29, 0.717) is 12.4 Å². The molecule has 1 aromatic carbocycles. The van der Waals surface area contributed by atoms with E-state index >= 15 is 0 Å². The van der Waals surface area contributed by atoms with Gasteiger partial charge in [0.15, 0.2) is 0 Å². The molecular formula is C14H19BrO4. The van der Waals surface area contributed by atoms with Gasteiger partial charge in [0.2, 0.25) is 0 Å². The maximum atomic E-state index is 11.0. The smallest absolute Gasteiger partial charge is 0.304 e. The van der Waals surface area contributed by atoms with Gasteiger partial charge >= 0.3 is 5.97 Å². The molecule has 0 aliphatic carbocycles. The molecule has 5 heteroatoms. The van der Waals surface area contributed by atoms with Gasteiger partial charge in [-0.3, -0.25) is 4.79 Å². The molecule has 0 unspecified atom stereocenters. The Morgan fingerprint density at radius 1 is 1.37 bits per heavy atom. The van der Waals surface area contributed by atoms with Crippen molar-refractivity contribution in [1.82, 2.24) is 0 Å². The van der Waals surface area contributed by atoms with Crippen molar-refractivity contribution in [3.8, 4) is 5.75 Å². The Kier molecular flexibility index (Phi) is 5.38. The highest BCUT2D eigenvalue weighted by atomic mass is 79.9. The maximum absolute atomic E-state index is 11.0. The number of hydrogen-bond acceptors (Lipinski definition) is 3. The van der Waals surface area contributed by atoms with Gasteiger partial charge in [0.05, 0.1) is 24.6 Å². The number of carbonyl (C=O) groups is 1. The van der Waals surface area contributed by atoms with Gasteiger partial charge in [-0.25, -0.2) is 0 Å². The molecule has 0 bridgehead atoms. The van der Waals surface area contributed by atoms with E-state index in [9.17, 15) is 4.79 Å². The molecule has 1 rings (SSSR count). The lowest BCUT2D eigenvalue weighted by atomic mass is 9.79. The summed E-state index contributed by atoms with van der Waals surface area (Å²) in [7, 11) is 3.21. The van der Waals surface area contributed by atoms with Gasteiger partial charge in [-0.05, 0) is 39.2 Å². The second kappa shape index (κ2) is 6.39. The van der Waals surface area contributed by atoms with Crippen molar-refractivity contribution in [2.45, 2.75) is 32.3 Å². The Morgan fingerprint density at radius 3 is 2.47 bits per heavy atom. The highest BCUT2D eigenvalue weighted by Crippen LogP contribution is 2.37. The fourth-order valence-corrected chi connectivity index (χ4v) is 2.64. The molecule has 106 valence electrons. The number of carboxylic acid groups (broad SMARTS) is 1. The molecule has 1 aromatic rings. The fraction of sp³-hybridized carbons (Fsp3) is 0.500. The molecule has 0 spiro atoms. The third-order valence-electron chi connectivity index (χ3n) is 3.00. The zero-order chi connectivity index (χ0) is 14.6. The Labute approximate surface area is 121 Å². The number of carboxylic acids is 1. The molecule has 0 atom stereocenters. The summed E-state index contributed by atoms with van der Waals surface area (Å²) in [5.41, 5.74) is 1.41. The largest absolute Gasteiger partial charge is 0.496 e. The van der Waals surface area contributed by atoms with Crippen LogP contribution in [0.3, 0.4) is 0 Å². The van der Waals surface area contributed by atoms with E-state index in [4.69, 9.17) is 14.6 Å². The minimum atomic E-state index is -0.819. The van der Waals surface area contributed by atoms with E-state index in [1.807, 2.05) is 26.0 Å². The van der Waals surface area contributed by atoms with Crippen LogP contribution in [0.1, 0.15) is 31.4 Å². The molecule has 0 aromatic heterocycles. The van der Waals surface area contributed by atoms with Crippen LogP contribution in [0.5, 0.6) is 5.75 Å². The lowest BCUT2D eigenvalue weighted by Crippen LogP contribution is -2.23. The Hall–Kier alpha value is -1.07. The number of ether oxygens (including phenoxy) is 2. The molecule has 0 heterocycles. The monoisotopic (exact) mass is 330 g/mol. The molecule has 0 saturated heterocycles. The quantitative estimate of drug-likeness (QED) is 0.868. The van der Waals surface area contributed by atoms with E-state index in [2.05, 4.69) is 15.9 Å². The van der Waals surface area contributed by atoms with Crippen LogP contribution >= 0.6 is 15.9 Å². The number of methoxy groups -OCH3 is 2.